The summed E-state index contributed by atoms with van der Waals surface area (Å²) in [5.41, 5.74) is 0.767. The summed E-state index contributed by atoms with van der Waals surface area (Å²) in [5.74, 6) is 0.451. The highest BCUT2D eigenvalue weighted by Crippen LogP contribution is 2.44. The summed E-state index contributed by atoms with van der Waals surface area (Å²) in [4.78, 5) is 15.7. The molecule has 0 N–H and O–H groups in total. The molecule has 190 valence electrons. The number of piperidine rings is 1. The maximum Gasteiger partial charge on any atom is 0.243 e. The van der Waals surface area contributed by atoms with E-state index in [4.69, 9.17) is 25.8 Å². The smallest absolute Gasteiger partial charge is 0.243 e. The lowest BCUT2D eigenvalue weighted by Gasteiger charge is -2.31. The van der Waals surface area contributed by atoms with Crippen molar-refractivity contribution in [3.05, 3.63) is 47.0 Å². The van der Waals surface area contributed by atoms with E-state index >= 15 is 0 Å². The number of carbonyl (C=O) groups excluding carboxylic acids is 1. The molecule has 2 atom stereocenters. The van der Waals surface area contributed by atoms with Gasteiger partial charge in [0.2, 0.25) is 21.7 Å². The number of rotatable bonds is 7. The number of halogens is 1. The zero-order valence-electron chi connectivity index (χ0n) is 20.2. The van der Waals surface area contributed by atoms with Gasteiger partial charge in [-0.05, 0) is 61.2 Å². The second-order valence-electron chi connectivity index (χ2n) is 8.83. The first kappa shape index (κ1) is 25.6. The van der Waals surface area contributed by atoms with Gasteiger partial charge in [-0.3, -0.25) is 4.79 Å². The van der Waals surface area contributed by atoms with Crippen molar-refractivity contribution >= 4 is 27.5 Å². The summed E-state index contributed by atoms with van der Waals surface area (Å²) >= 11 is 5.96. The number of hydrogen-bond acceptors (Lipinski definition) is 6. The molecule has 1 amide bonds. The van der Waals surface area contributed by atoms with Crippen LogP contribution in [0.3, 0.4) is 0 Å². The molecule has 0 aliphatic carbocycles. The molecule has 2 aliphatic rings. The lowest BCUT2D eigenvalue weighted by molar-refractivity contribution is -0.136. The molecule has 2 aliphatic heterocycles. The molecule has 2 fully saturated rings. The maximum absolute atomic E-state index is 13.7. The van der Waals surface area contributed by atoms with E-state index in [-0.39, 0.29) is 29.8 Å². The minimum absolute atomic E-state index is 0.0164. The van der Waals surface area contributed by atoms with Crippen molar-refractivity contribution in [3.8, 4) is 17.2 Å². The van der Waals surface area contributed by atoms with Crippen molar-refractivity contribution in [1.29, 1.82) is 0 Å². The fraction of sp³-hybridized carbons (Fsp3) is 0.480. The summed E-state index contributed by atoms with van der Waals surface area (Å²) in [6.45, 7) is 1.65. The normalized spacial score (nSPS) is 21.1. The third-order valence-corrected chi connectivity index (χ3v) is 8.94. The highest BCUT2D eigenvalue weighted by Gasteiger charge is 2.45. The van der Waals surface area contributed by atoms with Crippen LogP contribution in [0.2, 0.25) is 5.02 Å². The van der Waals surface area contributed by atoms with E-state index < -0.39 is 15.9 Å². The average Bonchev–Trinajstić information content (AvgIpc) is 3.34. The van der Waals surface area contributed by atoms with Gasteiger partial charge in [0.05, 0.1) is 32.1 Å². The van der Waals surface area contributed by atoms with E-state index in [2.05, 4.69) is 0 Å². The number of benzene rings is 2. The Morgan fingerprint density at radius 1 is 0.914 bits per heavy atom. The van der Waals surface area contributed by atoms with Crippen LogP contribution in [-0.4, -0.2) is 71.0 Å². The molecule has 4 rings (SSSR count). The van der Waals surface area contributed by atoms with Crippen molar-refractivity contribution in [1.82, 2.24) is 9.21 Å². The summed E-state index contributed by atoms with van der Waals surface area (Å²) < 4.78 is 44.9. The Bertz CT molecular complexity index is 1140. The highest BCUT2D eigenvalue weighted by molar-refractivity contribution is 7.89. The molecule has 0 saturated carbocycles. The zero-order chi connectivity index (χ0) is 25.2. The van der Waals surface area contributed by atoms with Gasteiger partial charge in [-0.2, -0.15) is 4.31 Å². The minimum atomic E-state index is -3.82. The fourth-order valence-corrected chi connectivity index (χ4v) is 6.59. The first-order valence-corrected chi connectivity index (χ1v) is 13.5. The number of carbonyl (C=O) groups is 1. The van der Waals surface area contributed by atoms with Crippen LogP contribution in [0.1, 0.15) is 30.7 Å². The van der Waals surface area contributed by atoms with Crippen molar-refractivity contribution in [3.63, 3.8) is 0 Å². The molecule has 2 saturated heterocycles. The van der Waals surface area contributed by atoms with Crippen molar-refractivity contribution in [2.45, 2.75) is 30.1 Å². The Morgan fingerprint density at radius 3 is 2.06 bits per heavy atom. The number of ether oxygens (including phenoxy) is 3. The Balaban J connectivity index is 1.74. The summed E-state index contributed by atoms with van der Waals surface area (Å²) in [5, 5.41) is 0.457. The number of nitrogens with zero attached hydrogens (tertiary/aromatic N) is 2. The van der Waals surface area contributed by atoms with Gasteiger partial charge in [0.25, 0.3) is 0 Å². The second kappa shape index (κ2) is 10.6. The highest BCUT2D eigenvalue weighted by atomic mass is 35.5. The van der Waals surface area contributed by atoms with Gasteiger partial charge in [0.1, 0.15) is 0 Å². The van der Waals surface area contributed by atoms with Gasteiger partial charge < -0.3 is 19.1 Å². The number of hydrogen-bond donors (Lipinski definition) is 0. The molecule has 2 aromatic carbocycles. The Kier molecular flexibility index (Phi) is 7.78. The minimum Gasteiger partial charge on any atom is -0.493 e. The largest absolute Gasteiger partial charge is 0.493 e. The molecule has 35 heavy (non-hydrogen) atoms. The van der Waals surface area contributed by atoms with Crippen LogP contribution in [0.15, 0.2) is 41.3 Å². The standard InChI is InChI=1S/C25H31ClN2O6S/c1-32-22-13-17(14-23(33-2)24(22)34-3)20-15-28(35(30,31)19-9-7-18(26)8-10-19)16-21(20)25(29)27-11-5-4-6-12-27/h7-10,13-14,20-21H,4-6,11-12,15-16H2,1-3H3/t20-,21-/m1/s1. The lowest BCUT2D eigenvalue weighted by atomic mass is 9.87. The molecule has 2 heterocycles. The molecular weight excluding hydrogens is 492 g/mol. The fourth-order valence-electron chi connectivity index (χ4n) is 4.97. The summed E-state index contributed by atoms with van der Waals surface area (Å²) in [7, 11) is 0.768. The van der Waals surface area contributed by atoms with Crippen molar-refractivity contribution < 1.29 is 27.4 Å². The van der Waals surface area contributed by atoms with Crippen LogP contribution in [-0.2, 0) is 14.8 Å². The Hall–Kier alpha value is -2.49. The van der Waals surface area contributed by atoms with Crippen LogP contribution in [0.25, 0.3) is 0 Å². The van der Waals surface area contributed by atoms with E-state index in [9.17, 15) is 13.2 Å². The van der Waals surface area contributed by atoms with Gasteiger partial charge in [-0.1, -0.05) is 11.6 Å². The first-order valence-electron chi connectivity index (χ1n) is 11.6. The Labute approximate surface area is 211 Å². The molecular formula is C25H31ClN2O6S. The lowest BCUT2D eigenvalue weighted by Crippen LogP contribution is -2.42. The van der Waals surface area contributed by atoms with Gasteiger partial charge >= 0.3 is 0 Å². The van der Waals surface area contributed by atoms with E-state index in [1.165, 1.54) is 37.8 Å². The third kappa shape index (κ3) is 5.08. The molecule has 8 nitrogen and oxygen atoms in total. The van der Waals surface area contributed by atoms with Crippen LogP contribution in [0.4, 0.5) is 0 Å². The van der Waals surface area contributed by atoms with Crippen LogP contribution >= 0.6 is 11.6 Å². The van der Waals surface area contributed by atoms with E-state index in [1.54, 1.807) is 24.3 Å². The molecule has 0 bridgehead atoms. The Morgan fingerprint density at radius 2 is 1.51 bits per heavy atom. The van der Waals surface area contributed by atoms with E-state index in [0.29, 0.717) is 35.4 Å². The van der Waals surface area contributed by atoms with Crippen LogP contribution in [0.5, 0.6) is 17.2 Å². The first-order chi connectivity index (χ1) is 16.8. The molecule has 0 aromatic heterocycles. The van der Waals surface area contributed by atoms with Crippen molar-refractivity contribution in [2.75, 3.05) is 47.5 Å². The predicted molar refractivity (Wildman–Crippen MR) is 133 cm³/mol. The van der Waals surface area contributed by atoms with Gasteiger partial charge in [0.15, 0.2) is 11.5 Å². The third-order valence-electron chi connectivity index (χ3n) is 6.84. The summed E-state index contributed by atoms with van der Waals surface area (Å²) in [6, 6.07) is 9.70. The zero-order valence-corrected chi connectivity index (χ0v) is 21.8. The SMILES string of the molecule is COc1cc([C@H]2CN(S(=O)(=O)c3ccc(Cl)cc3)C[C@H]2C(=O)N2CCCCC2)cc(OC)c1OC. The van der Waals surface area contributed by atoms with Crippen LogP contribution in [0, 0.1) is 5.92 Å². The van der Waals surface area contributed by atoms with Crippen LogP contribution < -0.4 is 14.2 Å². The predicted octanol–water partition coefficient (Wildman–Crippen LogP) is 3.78. The van der Waals surface area contributed by atoms with E-state index in [1.807, 2.05) is 4.90 Å². The van der Waals surface area contributed by atoms with Crippen molar-refractivity contribution in [2.24, 2.45) is 5.92 Å². The molecule has 0 unspecified atom stereocenters. The number of methoxy groups -OCH3 is 3. The average molecular weight is 523 g/mol. The molecule has 2 aromatic rings. The van der Waals surface area contributed by atoms with Gasteiger partial charge in [-0.15, -0.1) is 0 Å². The quantitative estimate of drug-likeness (QED) is 0.550. The number of amides is 1. The van der Waals surface area contributed by atoms with Gasteiger partial charge in [0, 0.05) is 37.1 Å². The number of likely N-dealkylation sites (tertiary alicyclic amines) is 1. The topological polar surface area (TPSA) is 85.4 Å². The van der Waals surface area contributed by atoms with Gasteiger partial charge in [-0.25, -0.2) is 8.42 Å². The monoisotopic (exact) mass is 522 g/mol. The second-order valence-corrected chi connectivity index (χ2v) is 11.2. The molecule has 0 radical (unpaired) electrons. The molecule has 10 heteroatoms. The maximum atomic E-state index is 13.7. The van der Waals surface area contributed by atoms with E-state index in [0.717, 1.165) is 24.8 Å². The molecule has 0 spiro atoms. The number of sulfonamides is 1. The summed E-state index contributed by atoms with van der Waals surface area (Å²) in [6.07, 6.45) is 3.02.